The SMILES string of the molecule is C=C(C(=O)O)C(C)OCCOCC. The molecular weight excluding hydrogens is 172 g/mol. The van der Waals surface area contributed by atoms with Gasteiger partial charge in [-0.05, 0) is 13.8 Å². The molecule has 1 unspecified atom stereocenters. The monoisotopic (exact) mass is 188 g/mol. The fourth-order valence-corrected chi connectivity index (χ4v) is 0.703. The Hall–Kier alpha value is -0.870. The molecule has 0 saturated heterocycles. The molecule has 0 aliphatic rings. The van der Waals surface area contributed by atoms with E-state index in [1.807, 2.05) is 6.92 Å². The largest absolute Gasteiger partial charge is 0.478 e. The fourth-order valence-electron chi connectivity index (χ4n) is 0.703. The smallest absolute Gasteiger partial charge is 0.333 e. The van der Waals surface area contributed by atoms with Crippen molar-refractivity contribution in [3.8, 4) is 0 Å². The lowest BCUT2D eigenvalue weighted by atomic mass is 10.2. The van der Waals surface area contributed by atoms with E-state index in [0.717, 1.165) is 0 Å². The van der Waals surface area contributed by atoms with Crippen molar-refractivity contribution in [3.63, 3.8) is 0 Å². The van der Waals surface area contributed by atoms with Crippen LogP contribution < -0.4 is 0 Å². The van der Waals surface area contributed by atoms with Gasteiger partial charge >= 0.3 is 5.97 Å². The number of hydrogen-bond donors (Lipinski definition) is 1. The molecule has 4 nitrogen and oxygen atoms in total. The second-order valence-corrected chi connectivity index (χ2v) is 2.54. The fraction of sp³-hybridized carbons (Fsp3) is 0.667. The van der Waals surface area contributed by atoms with Crippen LogP contribution in [0.3, 0.4) is 0 Å². The topological polar surface area (TPSA) is 55.8 Å². The molecule has 0 rings (SSSR count). The number of rotatable bonds is 7. The summed E-state index contributed by atoms with van der Waals surface area (Å²) in [5.41, 5.74) is 0.0662. The molecule has 0 radical (unpaired) electrons. The summed E-state index contributed by atoms with van der Waals surface area (Å²) in [5, 5.41) is 8.54. The molecule has 4 heteroatoms. The average Bonchev–Trinajstić information content (AvgIpc) is 2.10. The number of carbonyl (C=O) groups is 1. The van der Waals surface area contributed by atoms with Crippen molar-refractivity contribution in [2.45, 2.75) is 20.0 Å². The molecular formula is C9H16O4. The standard InChI is InChI=1S/C9H16O4/c1-4-12-5-6-13-8(3)7(2)9(10)11/h8H,2,4-6H2,1,3H3,(H,10,11). The third-order valence-corrected chi connectivity index (χ3v) is 1.57. The van der Waals surface area contributed by atoms with Crippen LogP contribution in [0.1, 0.15) is 13.8 Å². The Balaban J connectivity index is 3.56. The van der Waals surface area contributed by atoms with Crippen molar-refractivity contribution < 1.29 is 19.4 Å². The minimum atomic E-state index is -1.02. The van der Waals surface area contributed by atoms with Crippen LogP contribution in [0.4, 0.5) is 0 Å². The highest BCUT2D eigenvalue weighted by atomic mass is 16.5. The van der Waals surface area contributed by atoms with Crippen molar-refractivity contribution in [2.75, 3.05) is 19.8 Å². The highest BCUT2D eigenvalue weighted by molar-refractivity contribution is 5.86. The lowest BCUT2D eigenvalue weighted by Gasteiger charge is -2.12. The summed E-state index contributed by atoms with van der Waals surface area (Å²) >= 11 is 0. The van der Waals surface area contributed by atoms with Gasteiger partial charge in [-0.2, -0.15) is 0 Å². The van der Waals surface area contributed by atoms with Gasteiger partial charge in [-0.15, -0.1) is 0 Å². The summed E-state index contributed by atoms with van der Waals surface area (Å²) in [5.74, 6) is -1.02. The van der Waals surface area contributed by atoms with Crippen LogP contribution in [-0.4, -0.2) is 37.0 Å². The van der Waals surface area contributed by atoms with Gasteiger partial charge in [-0.1, -0.05) is 6.58 Å². The molecule has 0 aromatic rings. The first kappa shape index (κ1) is 12.1. The second-order valence-electron chi connectivity index (χ2n) is 2.54. The molecule has 76 valence electrons. The van der Waals surface area contributed by atoms with Crippen LogP contribution in [-0.2, 0) is 14.3 Å². The maximum Gasteiger partial charge on any atom is 0.333 e. The summed E-state index contributed by atoms with van der Waals surface area (Å²) in [4.78, 5) is 10.4. The number of carboxylic acids is 1. The van der Waals surface area contributed by atoms with Gasteiger partial charge in [-0.3, -0.25) is 0 Å². The number of aliphatic carboxylic acids is 1. The van der Waals surface area contributed by atoms with Crippen LogP contribution in [0.25, 0.3) is 0 Å². The molecule has 0 saturated carbocycles. The van der Waals surface area contributed by atoms with Crippen molar-refractivity contribution in [3.05, 3.63) is 12.2 Å². The molecule has 1 atom stereocenters. The second kappa shape index (κ2) is 6.62. The van der Waals surface area contributed by atoms with E-state index in [1.54, 1.807) is 6.92 Å². The van der Waals surface area contributed by atoms with Gasteiger partial charge in [0, 0.05) is 6.61 Å². The molecule has 0 aromatic heterocycles. The summed E-state index contributed by atoms with van der Waals surface area (Å²) in [6.45, 7) is 8.44. The summed E-state index contributed by atoms with van der Waals surface area (Å²) in [7, 11) is 0. The Morgan fingerprint density at radius 2 is 2.15 bits per heavy atom. The number of ether oxygens (including phenoxy) is 2. The van der Waals surface area contributed by atoms with Crippen molar-refractivity contribution >= 4 is 5.97 Å². The van der Waals surface area contributed by atoms with Crippen LogP contribution in [0.2, 0.25) is 0 Å². The van der Waals surface area contributed by atoms with Crippen molar-refractivity contribution in [1.29, 1.82) is 0 Å². The first-order valence-corrected chi connectivity index (χ1v) is 4.21. The Kier molecular flexibility index (Phi) is 6.18. The third-order valence-electron chi connectivity index (χ3n) is 1.57. The van der Waals surface area contributed by atoms with Gasteiger partial charge in [0.15, 0.2) is 0 Å². The molecule has 0 spiro atoms. The Morgan fingerprint density at radius 3 is 2.62 bits per heavy atom. The Bertz CT molecular complexity index is 176. The zero-order valence-corrected chi connectivity index (χ0v) is 8.08. The first-order chi connectivity index (χ1) is 6.09. The Morgan fingerprint density at radius 1 is 1.54 bits per heavy atom. The zero-order valence-electron chi connectivity index (χ0n) is 8.08. The van der Waals surface area contributed by atoms with Gasteiger partial charge in [-0.25, -0.2) is 4.79 Å². The molecule has 0 fully saturated rings. The molecule has 0 bridgehead atoms. The number of carboxylic acid groups (broad SMARTS) is 1. The highest BCUT2D eigenvalue weighted by Crippen LogP contribution is 2.03. The zero-order chi connectivity index (χ0) is 10.3. The summed E-state index contributed by atoms with van der Waals surface area (Å²) < 4.78 is 10.2. The van der Waals surface area contributed by atoms with Gasteiger partial charge in [0.1, 0.15) is 0 Å². The van der Waals surface area contributed by atoms with E-state index < -0.39 is 12.1 Å². The lowest BCUT2D eigenvalue weighted by Crippen LogP contribution is -2.19. The molecule has 0 amide bonds. The van der Waals surface area contributed by atoms with Gasteiger partial charge in [0.05, 0.1) is 24.9 Å². The van der Waals surface area contributed by atoms with E-state index in [-0.39, 0.29) is 5.57 Å². The normalized spacial score (nSPS) is 12.5. The van der Waals surface area contributed by atoms with Crippen molar-refractivity contribution in [2.24, 2.45) is 0 Å². The summed E-state index contributed by atoms with van der Waals surface area (Å²) in [6.07, 6.45) is -0.460. The maximum absolute atomic E-state index is 10.4. The van der Waals surface area contributed by atoms with E-state index >= 15 is 0 Å². The van der Waals surface area contributed by atoms with Crippen molar-refractivity contribution in [1.82, 2.24) is 0 Å². The third kappa shape index (κ3) is 5.38. The molecule has 13 heavy (non-hydrogen) atoms. The number of hydrogen-bond acceptors (Lipinski definition) is 3. The molecule has 1 N–H and O–H groups in total. The minimum Gasteiger partial charge on any atom is -0.478 e. The lowest BCUT2D eigenvalue weighted by molar-refractivity contribution is -0.134. The van der Waals surface area contributed by atoms with E-state index in [4.69, 9.17) is 14.6 Å². The highest BCUT2D eigenvalue weighted by Gasteiger charge is 2.13. The van der Waals surface area contributed by atoms with Crippen LogP contribution in [0, 0.1) is 0 Å². The molecule has 0 aliphatic carbocycles. The average molecular weight is 188 g/mol. The predicted octanol–water partition coefficient (Wildman–Crippen LogP) is 1.07. The van der Waals surface area contributed by atoms with Crippen LogP contribution in [0.15, 0.2) is 12.2 Å². The maximum atomic E-state index is 10.4. The molecule has 0 heterocycles. The minimum absolute atomic E-state index is 0.0662. The van der Waals surface area contributed by atoms with E-state index in [0.29, 0.717) is 19.8 Å². The van der Waals surface area contributed by atoms with Gasteiger partial charge in [0.25, 0.3) is 0 Å². The van der Waals surface area contributed by atoms with E-state index in [9.17, 15) is 4.79 Å². The van der Waals surface area contributed by atoms with Gasteiger partial charge < -0.3 is 14.6 Å². The quantitative estimate of drug-likeness (QED) is 0.479. The first-order valence-electron chi connectivity index (χ1n) is 4.21. The van der Waals surface area contributed by atoms with Crippen LogP contribution in [0.5, 0.6) is 0 Å². The Labute approximate surface area is 78.2 Å². The van der Waals surface area contributed by atoms with E-state index in [1.165, 1.54) is 0 Å². The molecule has 0 aromatic carbocycles. The summed E-state index contributed by atoms with van der Waals surface area (Å²) in [6, 6.07) is 0. The predicted molar refractivity (Wildman–Crippen MR) is 48.7 cm³/mol. The van der Waals surface area contributed by atoms with Gasteiger partial charge in [0.2, 0.25) is 0 Å². The van der Waals surface area contributed by atoms with Crippen LogP contribution >= 0.6 is 0 Å². The molecule has 0 aliphatic heterocycles. The van der Waals surface area contributed by atoms with E-state index in [2.05, 4.69) is 6.58 Å².